The lowest BCUT2D eigenvalue weighted by Crippen LogP contribution is -2.11. The van der Waals surface area contributed by atoms with Crippen molar-refractivity contribution in [2.24, 2.45) is 5.73 Å². The number of halogens is 4. The van der Waals surface area contributed by atoms with Gasteiger partial charge in [-0.05, 0) is 24.3 Å². The molecular weight excluding hydrogens is 295 g/mol. The molecule has 0 atom stereocenters. The number of hydrogen-bond acceptors (Lipinski definition) is 1. The van der Waals surface area contributed by atoms with Gasteiger partial charge in [-0.15, -0.1) is 0 Å². The van der Waals surface area contributed by atoms with Crippen LogP contribution in [0.25, 0.3) is 11.1 Å². The minimum Gasteiger partial charge on any atom is -0.366 e. The molecule has 0 saturated carbocycles. The number of primary amides is 1. The summed E-state index contributed by atoms with van der Waals surface area (Å²) in [7, 11) is 0. The molecule has 0 aromatic heterocycles. The summed E-state index contributed by atoms with van der Waals surface area (Å²) < 4.78 is 26.6. The maximum Gasteiger partial charge on any atom is 0.248 e. The maximum absolute atomic E-state index is 13.7. The fraction of sp³-hybridized carbons (Fsp3) is 0. The molecule has 1 amide bonds. The van der Waals surface area contributed by atoms with Crippen molar-refractivity contribution in [2.75, 3.05) is 0 Å². The molecular formula is C13H7Cl2F2NO. The average molecular weight is 302 g/mol. The van der Waals surface area contributed by atoms with Crippen molar-refractivity contribution in [1.29, 1.82) is 0 Å². The number of amides is 1. The lowest BCUT2D eigenvalue weighted by molar-refractivity contribution is 0.100. The summed E-state index contributed by atoms with van der Waals surface area (Å²) in [4.78, 5) is 11.0. The van der Waals surface area contributed by atoms with E-state index in [2.05, 4.69) is 0 Å². The SMILES string of the molecule is NC(=O)c1cc(Cl)c(-c2ccc(F)cc2F)c(Cl)c1. The number of carbonyl (C=O) groups is 1. The largest absolute Gasteiger partial charge is 0.366 e. The number of benzene rings is 2. The van der Waals surface area contributed by atoms with Crippen LogP contribution in [0.5, 0.6) is 0 Å². The molecule has 2 aromatic carbocycles. The topological polar surface area (TPSA) is 43.1 Å². The summed E-state index contributed by atoms with van der Waals surface area (Å²) >= 11 is 11.9. The molecule has 2 N–H and O–H groups in total. The van der Waals surface area contributed by atoms with E-state index in [4.69, 9.17) is 28.9 Å². The van der Waals surface area contributed by atoms with E-state index < -0.39 is 17.5 Å². The lowest BCUT2D eigenvalue weighted by Gasteiger charge is -2.10. The van der Waals surface area contributed by atoms with E-state index in [1.54, 1.807) is 0 Å². The standard InChI is InChI=1S/C13H7Cl2F2NO/c14-9-3-6(13(18)19)4-10(15)12(9)8-2-1-7(16)5-11(8)17/h1-5H,(H2,18,19). The van der Waals surface area contributed by atoms with Crippen LogP contribution in [0, 0.1) is 11.6 Å². The second-order valence-electron chi connectivity index (χ2n) is 3.80. The molecule has 0 saturated heterocycles. The van der Waals surface area contributed by atoms with E-state index >= 15 is 0 Å². The number of hydrogen-bond donors (Lipinski definition) is 1. The van der Waals surface area contributed by atoms with Crippen LogP contribution >= 0.6 is 23.2 Å². The van der Waals surface area contributed by atoms with Crippen molar-refractivity contribution in [3.63, 3.8) is 0 Å². The van der Waals surface area contributed by atoms with E-state index in [1.807, 2.05) is 0 Å². The minimum absolute atomic E-state index is 0.0485. The Hall–Kier alpha value is -1.65. The van der Waals surface area contributed by atoms with E-state index in [1.165, 1.54) is 18.2 Å². The third-order valence-corrected chi connectivity index (χ3v) is 3.12. The molecule has 0 bridgehead atoms. The Morgan fingerprint density at radius 1 is 1.05 bits per heavy atom. The Kier molecular flexibility index (Phi) is 3.73. The molecule has 2 rings (SSSR count). The zero-order valence-corrected chi connectivity index (χ0v) is 10.9. The zero-order valence-electron chi connectivity index (χ0n) is 9.38. The first-order valence-corrected chi connectivity index (χ1v) is 5.90. The van der Waals surface area contributed by atoms with Crippen LogP contribution in [-0.4, -0.2) is 5.91 Å². The molecule has 2 aromatic rings. The van der Waals surface area contributed by atoms with Gasteiger partial charge in [-0.3, -0.25) is 4.79 Å². The predicted octanol–water partition coefficient (Wildman–Crippen LogP) is 4.04. The average Bonchev–Trinajstić information content (AvgIpc) is 2.30. The van der Waals surface area contributed by atoms with Crippen LogP contribution < -0.4 is 5.73 Å². The first kappa shape index (κ1) is 13.8. The molecule has 0 aliphatic rings. The smallest absolute Gasteiger partial charge is 0.248 e. The predicted molar refractivity (Wildman–Crippen MR) is 70.3 cm³/mol. The molecule has 98 valence electrons. The van der Waals surface area contributed by atoms with Crippen LogP contribution in [0.4, 0.5) is 8.78 Å². The van der Waals surface area contributed by atoms with E-state index in [0.717, 1.165) is 12.1 Å². The van der Waals surface area contributed by atoms with Gasteiger partial charge in [0.05, 0.1) is 10.0 Å². The Labute approximate surface area is 117 Å². The lowest BCUT2D eigenvalue weighted by atomic mass is 10.0. The molecule has 0 fully saturated rings. The second-order valence-corrected chi connectivity index (χ2v) is 4.62. The third kappa shape index (κ3) is 2.69. The van der Waals surface area contributed by atoms with Crippen molar-refractivity contribution in [3.8, 4) is 11.1 Å². The Bertz CT molecular complexity index is 651. The monoisotopic (exact) mass is 301 g/mol. The van der Waals surface area contributed by atoms with Crippen LogP contribution in [0.2, 0.25) is 10.0 Å². The summed E-state index contributed by atoms with van der Waals surface area (Å²) in [6, 6.07) is 5.61. The summed E-state index contributed by atoms with van der Waals surface area (Å²) in [5, 5.41) is 0.124. The van der Waals surface area contributed by atoms with E-state index in [9.17, 15) is 13.6 Å². The van der Waals surface area contributed by atoms with Gasteiger partial charge in [0.1, 0.15) is 11.6 Å². The van der Waals surface area contributed by atoms with Gasteiger partial charge in [0.2, 0.25) is 5.91 Å². The van der Waals surface area contributed by atoms with Crippen LogP contribution in [0.1, 0.15) is 10.4 Å². The molecule has 0 heterocycles. The fourth-order valence-corrected chi connectivity index (χ4v) is 2.36. The summed E-state index contributed by atoms with van der Waals surface area (Å²) in [6.45, 7) is 0. The normalized spacial score (nSPS) is 10.5. The highest BCUT2D eigenvalue weighted by Crippen LogP contribution is 2.37. The van der Waals surface area contributed by atoms with E-state index in [-0.39, 0.29) is 26.7 Å². The van der Waals surface area contributed by atoms with Gasteiger partial charge in [-0.25, -0.2) is 8.78 Å². The van der Waals surface area contributed by atoms with Gasteiger partial charge in [0, 0.05) is 22.8 Å². The molecule has 2 nitrogen and oxygen atoms in total. The fourth-order valence-electron chi connectivity index (χ4n) is 1.66. The van der Waals surface area contributed by atoms with Crippen LogP contribution in [0.15, 0.2) is 30.3 Å². The quantitative estimate of drug-likeness (QED) is 0.894. The number of carbonyl (C=O) groups excluding carboxylic acids is 1. The van der Waals surface area contributed by atoms with Gasteiger partial charge in [0.25, 0.3) is 0 Å². The van der Waals surface area contributed by atoms with Crippen LogP contribution in [0.3, 0.4) is 0 Å². The molecule has 0 radical (unpaired) electrons. The van der Waals surface area contributed by atoms with Gasteiger partial charge in [-0.1, -0.05) is 23.2 Å². The van der Waals surface area contributed by atoms with Crippen LogP contribution in [-0.2, 0) is 0 Å². The second kappa shape index (κ2) is 5.15. The van der Waals surface area contributed by atoms with Crippen molar-refractivity contribution in [1.82, 2.24) is 0 Å². The van der Waals surface area contributed by atoms with Crippen molar-refractivity contribution < 1.29 is 13.6 Å². The molecule has 0 unspecified atom stereocenters. The summed E-state index contributed by atoms with van der Waals surface area (Å²) in [5.41, 5.74) is 5.46. The molecule has 19 heavy (non-hydrogen) atoms. The van der Waals surface area contributed by atoms with Crippen molar-refractivity contribution in [3.05, 3.63) is 57.6 Å². The Morgan fingerprint density at radius 3 is 2.11 bits per heavy atom. The minimum atomic E-state index is -0.796. The summed E-state index contributed by atoms with van der Waals surface area (Å²) in [5.74, 6) is -2.20. The Morgan fingerprint density at radius 2 is 1.63 bits per heavy atom. The molecule has 0 spiro atoms. The van der Waals surface area contributed by atoms with Gasteiger partial charge in [0.15, 0.2) is 0 Å². The van der Waals surface area contributed by atoms with Gasteiger partial charge >= 0.3 is 0 Å². The highest BCUT2D eigenvalue weighted by atomic mass is 35.5. The first-order chi connectivity index (χ1) is 8.90. The summed E-state index contributed by atoms with van der Waals surface area (Å²) in [6.07, 6.45) is 0. The first-order valence-electron chi connectivity index (χ1n) is 5.14. The maximum atomic E-state index is 13.7. The van der Waals surface area contributed by atoms with Gasteiger partial charge in [-0.2, -0.15) is 0 Å². The highest BCUT2D eigenvalue weighted by Gasteiger charge is 2.16. The van der Waals surface area contributed by atoms with Crippen molar-refractivity contribution >= 4 is 29.1 Å². The third-order valence-electron chi connectivity index (χ3n) is 2.53. The van der Waals surface area contributed by atoms with E-state index in [0.29, 0.717) is 0 Å². The van der Waals surface area contributed by atoms with Crippen molar-refractivity contribution in [2.45, 2.75) is 0 Å². The number of nitrogens with two attached hydrogens (primary N) is 1. The zero-order chi connectivity index (χ0) is 14.2. The molecule has 0 aliphatic carbocycles. The molecule has 0 aliphatic heterocycles. The number of rotatable bonds is 2. The van der Waals surface area contributed by atoms with Gasteiger partial charge < -0.3 is 5.73 Å². The molecule has 6 heteroatoms. The Balaban J connectivity index is 2.66. The highest BCUT2D eigenvalue weighted by molar-refractivity contribution is 6.39.